The standard InChI is InChI=1S/C29H22N2/c30-18-19-6-7-23-15-24(11-9-22(23)14-19)26-17-27(26)25-10-8-20-12-13-31-29(28(20)16-25)21-4-2-1-3-5-21/h1-11,14-16,26-27H,12-13,17H2. The first-order valence-electron chi connectivity index (χ1n) is 11.0. The molecule has 1 aliphatic heterocycles. The zero-order valence-electron chi connectivity index (χ0n) is 17.3. The molecular formula is C29H22N2. The fourth-order valence-corrected chi connectivity index (χ4v) is 4.98. The van der Waals surface area contributed by atoms with Gasteiger partial charge in [0.25, 0.3) is 0 Å². The van der Waals surface area contributed by atoms with E-state index in [1.807, 2.05) is 12.1 Å². The molecular weight excluding hydrogens is 376 g/mol. The summed E-state index contributed by atoms with van der Waals surface area (Å²) < 4.78 is 0. The third-order valence-corrected chi connectivity index (χ3v) is 6.73. The fourth-order valence-electron chi connectivity index (χ4n) is 4.98. The van der Waals surface area contributed by atoms with Crippen molar-refractivity contribution in [3.63, 3.8) is 0 Å². The van der Waals surface area contributed by atoms with Crippen molar-refractivity contribution >= 4 is 16.5 Å². The van der Waals surface area contributed by atoms with Crippen LogP contribution in [0.25, 0.3) is 10.8 Å². The number of rotatable bonds is 3. The summed E-state index contributed by atoms with van der Waals surface area (Å²) in [5.41, 5.74) is 8.61. The second-order valence-corrected chi connectivity index (χ2v) is 8.64. The van der Waals surface area contributed by atoms with Crippen LogP contribution in [0.2, 0.25) is 0 Å². The third kappa shape index (κ3) is 3.23. The first-order chi connectivity index (χ1) is 15.3. The Balaban J connectivity index is 1.31. The lowest BCUT2D eigenvalue weighted by molar-refractivity contribution is 0.937. The quantitative estimate of drug-likeness (QED) is 0.395. The molecule has 0 N–H and O–H groups in total. The van der Waals surface area contributed by atoms with Gasteiger partial charge >= 0.3 is 0 Å². The number of fused-ring (bicyclic) bond motifs is 2. The maximum atomic E-state index is 9.13. The van der Waals surface area contributed by atoms with Crippen LogP contribution in [-0.2, 0) is 6.42 Å². The van der Waals surface area contributed by atoms with E-state index in [0.29, 0.717) is 11.8 Å². The van der Waals surface area contributed by atoms with Crippen molar-refractivity contribution in [2.75, 3.05) is 6.54 Å². The summed E-state index contributed by atoms with van der Waals surface area (Å²) in [6.07, 6.45) is 2.22. The monoisotopic (exact) mass is 398 g/mol. The Kier molecular flexibility index (Phi) is 4.21. The van der Waals surface area contributed by atoms with Gasteiger partial charge in [-0.2, -0.15) is 5.26 Å². The van der Waals surface area contributed by atoms with Crippen LogP contribution in [0.1, 0.15) is 51.6 Å². The summed E-state index contributed by atoms with van der Waals surface area (Å²) in [5.74, 6) is 1.14. The summed E-state index contributed by atoms with van der Waals surface area (Å²) in [6.45, 7) is 0.868. The van der Waals surface area contributed by atoms with Gasteiger partial charge in [-0.05, 0) is 70.3 Å². The molecule has 0 aromatic heterocycles. The molecule has 4 aromatic rings. The molecule has 0 radical (unpaired) electrons. The molecule has 31 heavy (non-hydrogen) atoms. The Morgan fingerprint density at radius 2 is 1.52 bits per heavy atom. The highest BCUT2D eigenvalue weighted by molar-refractivity contribution is 6.14. The molecule has 2 unspecified atom stereocenters. The van der Waals surface area contributed by atoms with E-state index in [2.05, 4.69) is 78.9 Å². The van der Waals surface area contributed by atoms with Gasteiger partial charge in [0.1, 0.15) is 0 Å². The van der Waals surface area contributed by atoms with E-state index in [4.69, 9.17) is 10.3 Å². The molecule has 1 heterocycles. The Hall–Kier alpha value is -3.70. The number of hydrogen-bond acceptors (Lipinski definition) is 2. The molecule has 148 valence electrons. The lowest BCUT2D eigenvalue weighted by atomic mass is 9.90. The van der Waals surface area contributed by atoms with Crippen LogP contribution < -0.4 is 0 Å². The fraction of sp³-hybridized carbons (Fsp3) is 0.172. The molecule has 2 heteroatoms. The normalized spacial score (nSPS) is 19.4. The molecule has 0 bridgehead atoms. The summed E-state index contributed by atoms with van der Waals surface area (Å²) in [5, 5.41) is 11.5. The molecule has 1 fully saturated rings. The molecule has 1 saturated carbocycles. The van der Waals surface area contributed by atoms with E-state index in [9.17, 15) is 0 Å². The molecule has 4 aromatic carbocycles. The predicted octanol–water partition coefficient (Wildman–Crippen LogP) is 6.38. The lowest BCUT2D eigenvalue weighted by Crippen LogP contribution is -2.14. The summed E-state index contributed by atoms with van der Waals surface area (Å²) in [7, 11) is 0. The van der Waals surface area contributed by atoms with Crippen LogP contribution in [0, 0.1) is 11.3 Å². The van der Waals surface area contributed by atoms with E-state index < -0.39 is 0 Å². The minimum atomic E-state index is 0.568. The van der Waals surface area contributed by atoms with Crippen molar-refractivity contribution in [2.45, 2.75) is 24.7 Å². The highest BCUT2D eigenvalue weighted by Gasteiger charge is 2.40. The van der Waals surface area contributed by atoms with Crippen LogP contribution in [0.4, 0.5) is 0 Å². The zero-order chi connectivity index (χ0) is 20.8. The highest BCUT2D eigenvalue weighted by atomic mass is 14.7. The van der Waals surface area contributed by atoms with Crippen molar-refractivity contribution < 1.29 is 0 Å². The first kappa shape index (κ1) is 18.1. The van der Waals surface area contributed by atoms with E-state index in [1.54, 1.807) is 0 Å². The van der Waals surface area contributed by atoms with Gasteiger partial charge in [0.05, 0.1) is 17.3 Å². The SMILES string of the molecule is N#Cc1ccc2cc(C3CC3c3ccc4c(c3)C(c3ccccc3)=NCC4)ccc2c1. The van der Waals surface area contributed by atoms with Crippen molar-refractivity contribution in [1.82, 2.24) is 0 Å². The minimum absolute atomic E-state index is 0.568. The van der Waals surface area contributed by atoms with Gasteiger partial charge in [0.15, 0.2) is 0 Å². The van der Waals surface area contributed by atoms with Crippen molar-refractivity contribution in [3.8, 4) is 6.07 Å². The average molecular weight is 399 g/mol. The number of nitriles is 1. The summed E-state index contributed by atoms with van der Waals surface area (Å²) in [6, 6.07) is 32.5. The number of benzene rings is 4. The summed E-state index contributed by atoms with van der Waals surface area (Å²) >= 11 is 0. The van der Waals surface area contributed by atoms with Crippen LogP contribution in [0.5, 0.6) is 0 Å². The van der Waals surface area contributed by atoms with Crippen LogP contribution in [0.15, 0.2) is 89.9 Å². The van der Waals surface area contributed by atoms with Crippen molar-refractivity contribution in [1.29, 1.82) is 5.26 Å². The van der Waals surface area contributed by atoms with Gasteiger partial charge in [0.2, 0.25) is 0 Å². The van der Waals surface area contributed by atoms with E-state index >= 15 is 0 Å². The molecule has 1 aliphatic carbocycles. The third-order valence-electron chi connectivity index (χ3n) is 6.73. The second kappa shape index (κ2) is 7.22. The van der Waals surface area contributed by atoms with Crippen molar-refractivity contribution in [3.05, 3.63) is 118 Å². The van der Waals surface area contributed by atoms with Crippen LogP contribution >= 0.6 is 0 Å². The van der Waals surface area contributed by atoms with Crippen LogP contribution in [0.3, 0.4) is 0 Å². The Labute approximate surface area is 182 Å². The molecule has 0 spiro atoms. The van der Waals surface area contributed by atoms with E-state index in [1.165, 1.54) is 39.6 Å². The molecule has 2 atom stereocenters. The number of nitrogens with zero attached hydrogens (tertiary/aromatic N) is 2. The minimum Gasteiger partial charge on any atom is -0.284 e. The second-order valence-electron chi connectivity index (χ2n) is 8.64. The van der Waals surface area contributed by atoms with Gasteiger partial charge in [-0.25, -0.2) is 0 Å². The molecule has 0 amide bonds. The maximum Gasteiger partial charge on any atom is 0.0991 e. The largest absolute Gasteiger partial charge is 0.284 e. The molecule has 6 rings (SSSR count). The molecule has 2 aliphatic rings. The number of hydrogen-bond donors (Lipinski definition) is 0. The average Bonchev–Trinajstić information content (AvgIpc) is 3.64. The first-order valence-corrected chi connectivity index (χ1v) is 11.0. The maximum absolute atomic E-state index is 9.13. The van der Waals surface area contributed by atoms with Gasteiger partial charge in [-0.3, -0.25) is 4.99 Å². The van der Waals surface area contributed by atoms with Gasteiger partial charge in [-0.15, -0.1) is 0 Å². The van der Waals surface area contributed by atoms with E-state index in [-0.39, 0.29) is 0 Å². The van der Waals surface area contributed by atoms with Crippen molar-refractivity contribution in [2.24, 2.45) is 4.99 Å². The smallest absolute Gasteiger partial charge is 0.0991 e. The Morgan fingerprint density at radius 3 is 2.35 bits per heavy atom. The van der Waals surface area contributed by atoms with Gasteiger partial charge in [0, 0.05) is 17.7 Å². The van der Waals surface area contributed by atoms with Gasteiger partial charge in [-0.1, -0.05) is 66.7 Å². The summed E-state index contributed by atoms with van der Waals surface area (Å²) in [4.78, 5) is 4.88. The lowest BCUT2D eigenvalue weighted by Gasteiger charge is -2.18. The topological polar surface area (TPSA) is 36.1 Å². The van der Waals surface area contributed by atoms with E-state index in [0.717, 1.165) is 29.6 Å². The molecule has 2 nitrogen and oxygen atoms in total. The Morgan fingerprint density at radius 1 is 0.774 bits per heavy atom. The Bertz CT molecular complexity index is 1380. The number of aliphatic imine (C=N–C) groups is 1. The zero-order valence-corrected chi connectivity index (χ0v) is 17.3. The van der Waals surface area contributed by atoms with Crippen LogP contribution in [-0.4, -0.2) is 12.3 Å². The van der Waals surface area contributed by atoms with Gasteiger partial charge < -0.3 is 0 Å². The molecule has 0 saturated heterocycles. The predicted molar refractivity (Wildman–Crippen MR) is 126 cm³/mol. The highest BCUT2D eigenvalue weighted by Crippen LogP contribution is 2.55.